The Kier molecular flexibility index (Phi) is 5.99. The number of nitrogens with zero attached hydrogens (tertiary/aromatic N) is 2. The standard InChI is InChI=1S/C22H23FN4O3S/c23-17-11-14(9-10-16(17)19-12-26-22(24)13-25-19)15-5-1-4-8-21(15)31(29,30)27-18-6-2-3-7-20(18)28/h1,4-5,8-13,18,20,27-28H,2-3,6-7H2,(H2,24,26)/t18-,20-/m1/s1. The third-order valence-corrected chi connectivity index (χ3v) is 6.99. The third-order valence-electron chi connectivity index (χ3n) is 5.44. The summed E-state index contributed by atoms with van der Waals surface area (Å²) in [5.41, 5.74) is 6.87. The van der Waals surface area contributed by atoms with Crippen molar-refractivity contribution < 1.29 is 17.9 Å². The van der Waals surface area contributed by atoms with Gasteiger partial charge in [0.05, 0.1) is 29.1 Å². The zero-order valence-electron chi connectivity index (χ0n) is 16.7. The van der Waals surface area contributed by atoms with E-state index < -0.39 is 28.0 Å². The maximum Gasteiger partial charge on any atom is 0.241 e. The van der Waals surface area contributed by atoms with Gasteiger partial charge < -0.3 is 10.8 Å². The number of rotatable bonds is 5. The average molecular weight is 443 g/mol. The smallest absolute Gasteiger partial charge is 0.241 e. The number of hydrogen-bond acceptors (Lipinski definition) is 6. The van der Waals surface area contributed by atoms with E-state index in [0.29, 0.717) is 29.7 Å². The van der Waals surface area contributed by atoms with Crippen LogP contribution in [-0.4, -0.2) is 35.6 Å². The minimum atomic E-state index is -3.92. The first-order valence-electron chi connectivity index (χ1n) is 10.0. The van der Waals surface area contributed by atoms with Gasteiger partial charge in [-0.3, -0.25) is 4.98 Å². The summed E-state index contributed by atoms with van der Waals surface area (Å²) in [4.78, 5) is 8.04. The number of anilines is 1. The number of nitrogens with two attached hydrogens (primary N) is 1. The Balaban J connectivity index is 1.68. The van der Waals surface area contributed by atoms with Crippen LogP contribution in [0.4, 0.5) is 10.2 Å². The summed E-state index contributed by atoms with van der Waals surface area (Å²) < 4.78 is 43.7. The molecule has 0 unspecified atom stereocenters. The van der Waals surface area contributed by atoms with Crippen molar-refractivity contribution in [1.29, 1.82) is 0 Å². The van der Waals surface area contributed by atoms with Crippen molar-refractivity contribution in [2.75, 3.05) is 5.73 Å². The van der Waals surface area contributed by atoms with E-state index in [1.165, 1.54) is 30.6 Å². The van der Waals surface area contributed by atoms with E-state index in [1.54, 1.807) is 24.3 Å². The van der Waals surface area contributed by atoms with Crippen LogP contribution in [0.3, 0.4) is 0 Å². The third kappa shape index (κ3) is 4.58. The number of nitrogens with one attached hydrogen (secondary N) is 1. The van der Waals surface area contributed by atoms with E-state index in [-0.39, 0.29) is 16.3 Å². The number of aromatic nitrogens is 2. The summed E-state index contributed by atoms with van der Waals surface area (Å²) >= 11 is 0. The van der Waals surface area contributed by atoms with Crippen molar-refractivity contribution in [1.82, 2.24) is 14.7 Å². The van der Waals surface area contributed by atoms with Gasteiger partial charge in [0.1, 0.15) is 11.6 Å². The van der Waals surface area contributed by atoms with Gasteiger partial charge in [0, 0.05) is 17.2 Å². The van der Waals surface area contributed by atoms with E-state index in [0.717, 1.165) is 12.8 Å². The van der Waals surface area contributed by atoms with Gasteiger partial charge in [0.15, 0.2) is 0 Å². The molecule has 7 nitrogen and oxygen atoms in total. The van der Waals surface area contributed by atoms with Crippen molar-refractivity contribution in [3.63, 3.8) is 0 Å². The summed E-state index contributed by atoms with van der Waals surface area (Å²) in [6.45, 7) is 0. The molecule has 0 saturated heterocycles. The van der Waals surface area contributed by atoms with E-state index in [9.17, 15) is 17.9 Å². The molecule has 31 heavy (non-hydrogen) atoms. The minimum Gasteiger partial charge on any atom is -0.391 e. The molecule has 1 aromatic heterocycles. The zero-order chi connectivity index (χ0) is 22.0. The van der Waals surface area contributed by atoms with Crippen LogP contribution < -0.4 is 10.5 Å². The Hall–Kier alpha value is -2.88. The van der Waals surface area contributed by atoms with Gasteiger partial charge in [-0.25, -0.2) is 22.5 Å². The highest BCUT2D eigenvalue weighted by Gasteiger charge is 2.29. The number of halogens is 1. The molecule has 0 amide bonds. The Morgan fingerprint density at radius 1 is 1.03 bits per heavy atom. The summed E-state index contributed by atoms with van der Waals surface area (Å²) in [5, 5.41) is 10.2. The molecule has 1 saturated carbocycles. The molecule has 4 rings (SSSR count). The summed E-state index contributed by atoms with van der Waals surface area (Å²) in [5.74, 6) is -0.324. The largest absolute Gasteiger partial charge is 0.391 e. The number of aliphatic hydroxyl groups is 1. The summed E-state index contributed by atoms with van der Waals surface area (Å²) in [6, 6.07) is 10.3. The molecule has 4 N–H and O–H groups in total. The van der Waals surface area contributed by atoms with Crippen molar-refractivity contribution in [3.8, 4) is 22.4 Å². The quantitative estimate of drug-likeness (QED) is 0.559. The molecule has 0 spiro atoms. The second-order valence-corrected chi connectivity index (χ2v) is 9.28. The molecule has 2 aromatic carbocycles. The Morgan fingerprint density at radius 2 is 1.81 bits per heavy atom. The van der Waals surface area contributed by atoms with Gasteiger partial charge in [0.25, 0.3) is 0 Å². The van der Waals surface area contributed by atoms with Gasteiger partial charge in [-0.05, 0) is 36.6 Å². The van der Waals surface area contributed by atoms with Gasteiger partial charge in [-0.2, -0.15) is 0 Å². The van der Waals surface area contributed by atoms with Crippen LogP contribution in [-0.2, 0) is 10.0 Å². The van der Waals surface area contributed by atoms with Gasteiger partial charge in [0.2, 0.25) is 10.0 Å². The molecule has 1 fully saturated rings. The van der Waals surface area contributed by atoms with Gasteiger partial charge in [-0.15, -0.1) is 0 Å². The molecule has 162 valence electrons. The Bertz CT molecular complexity index is 1190. The second kappa shape index (κ2) is 8.70. The summed E-state index contributed by atoms with van der Waals surface area (Å²) in [6.07, 6.45) is 4.88. The average Bonchev–Trinajstić information content (AvgIpc) is 2.76. The predicted octanol–water partition coefficient (Wildman–Crippen LogP) is 3.11. The SMILES string of the molecule is Nc1cnc(-c2ccc(-c3ccccc3S(=O)(=O)N[C@@H]3CCCC[C@H]3O)cc2F)cn1. The Morgan fingerprint density at radius 3 is 2.52 bits per heavy atom. The highest BCUT2D eigenvalue weighted by molar-refractivity contribution is 7.89. The predicted molar refractivity (Wildman–Crippen MR) is 116 cm³/mol. The van der Waals surface area contributed by atoms with Crippen molar-refractivity contribution in [3.05, 3.63) is 60.7 Å². The fraction of sp³-hybridized carbons (Fsp3) is 0.273. The fourth-order valence-electron chi connectivity index (χ4n) is 3.82. The summed E-state index contributed by atoms with van der Waals surface area (Å²) in [7, 11) is -3.92. The van der Waals surface area contributed by atoms with Crippen LogP contribution in [0.25, 0.3) is 22.4 Å². The van der Waals surface area contributed by atoms with Crippen LogP contribution >= 0.6 is 0 Å². The molecule has 1 heterocycles. The fourth-order valence-corrected chi connectivity index (χ4v) is 5.35. The van der Waals surface area contributed by atoms with Crippen LogP contribution in [0, 0.1) is 5.82 Å². The monoisotopic (exact) mass is 442 g/mol. The minimum absolute atomic E-state index is 0.0344. The molecule has 3 aromatic rings. The maximum atomic E-state index is 14.9. The first-order valence-corrected chi connectivity index (χ1v) is 11.5. The molecule has 0 bridgehead atoms. The van der Waals surface area contributed by atoms with E-state index in [4.69, 9.17) is 5.73 Å². The lowest BCUT2D eigenvalue weighted by Gasteiger charge is -2.28. The number of nitrogen functional groups attached to an aromatic ring is 1. The molecule has 0 aliphatic heterocycles. The molecule has 1 aliphatic rings. The molecule has 0 radical (unpaired) electrons. The highest BCUT2D eigenvalue weighted by Crippen LogP contribution is 2.31. The second-order valence-electron chi connectivity index (χ2n) is 7.60. The number of benzene rings is 2. The highest BCUT2D eigenvalue weighted by atomic mass is 32.2. The lowest BCUT2D eigenvalue weighted by molar-refractivity contribution is 0.101. The van der Waals surface area contributed by atoms with Crippen molar-refractivity contribution in [2.24, 2.45) is 0 Å². The van der Waals surface area contributed by atoms with Crippen LogP contribution in [0.15, 0.2) is 59.8 Å². The normalized spacial score (nSPS) is 19.3. The number of hydrogen-bond donors (Lipinski definition) is 3. The maximum absolute atomic E-state index is 14.9. The zero-order valence-corrected chi connectivity index (χ0v) is 17.5. The van der Waals surface area contributed by atoms with Gasteiger partial charge >= 0.3 is 0 Å². The molecular weight excluding hydrogens is 419 g/mol. The first kappa shape index (κ1) is 21.4. The van der Waals surface area contributed by atoms with Crippen LogP contribution in [0.1, 0.15) is 25.7 Å². The van der Waals surface area contributed by atoms with Crippen LogP contribution in [0.2, 0.25) is 0 Å². The lowest BCUT2D eigenvalue weighted by atomic mass is 9.93. The number of aliphatic hydroxyl groups excluding tert-OH is 1. The first-order chi connectivity index (χ1) is 14.8. The topological polar surface area (TPSA) is 118 Å². The van der Waals surface area contributed by atoms with Crippen molar-refractivity contribution >= 4 is 15.8 Å². The van der Waals surface area contributed by atoms with Gasteiger partial charge in [-0.1, -0.05) is 37.1 Å². The Labute approximate surface area is 180 Å². The van der Waals surface area contributed by atoms with E-state index in [1.807, 2.05) is 0 Å². The molecule has 2 atom stereocenters. The van der Waals surface area contributed by atoms with E-state index in [2.05, 4.69) is 14.7 Å². The molecular formula is C22H23FN4O3S. The van der Waals surface area contributed by atoms with E-state index >= 15 is 0 Å². The van der Waals surface area contributed by atoms with Crippen molar-refractivity contribution in [2.45, 2.75) is 42.7 Å². The number of sulfonamides is 1. The molecule has 1 aliphatic carbocycles. The van der Waals surface area contributed by atoms with Crippen LogP contribution in [0.5, 0.6) is 0 Å². The lowest BCUT2D eigenvalue weighted by Crippen LogP contribution is -2.45. The molecule has 9 heteroatoms.